The van der Waals surface area contributed by atoms with Gasteiger partial charge >= 0.3 is 24.7 Å². The molecule has 10 nitrogen and oxygen atoms in total. The number of halogens is 22. The molecular weight excluding hydrogens is 1120 g/mol. The second kappa shape index (κ2) is 25.7. The van der Waals surface area contributed by atoms with Crippen LogP contribution >= 0.6 is 92.8 Å². The molecule has 0 amide bonds. The lowest BCUT2D eigenvalue weighted by molar-refractivity contribution is -0.138. The Kier molecular flexibility index (Phi) is 22.9. The van der Waals surface area contributed by atoms with Gasteiger partial charge in [0.2, 0.25) is 0 Å². The number of hydrogen-bond acceptors (Lipinski definition) is 8. The Morgan fingerprint density at radius 2 is 0.985 bits per heavy atom. The highest BCUT2D eigenvalue weighted by atomic mass is 35.5. The number of nitrogens with zero attached hydrogens (tertiary/aromatic N) is 9. The molecule has 6 rings (SSSR count). The average Bonchev–Trinajstić information content (AvgIpc) is 3.88. The summed E-state index contributed by atoms with van der Waals surface area (Å²) in [4.78, 5) is 16.2. The van der Waals surface area contributed by atoms with Crippen LogP contribution in [0.1, 0.15) is 31.4 Å². The summed E-state index contributed by atoms with van der Waals surface area (Å²) >= 11 is 47.2. The summed E-state index contributed by atoms with van der Waals surface area (Å²) in [6.07, 6.45) is -14.8. The summed E-state index contributed by atoms with van der Waals surface area (Å²) in [5.74, 6) is -0.421. The fourth-order valence-corrected chi connectivity index (χ4v) is 7.62. The minimum absolute atomic E-state index is 0. The van der Waals surface area contributed by atoms with Crippen molar-refractivity contribution in [3.05, 3.63) is 83.6 Å². The molecule has 4 heterocycles. The van der Waals surface area contributed by atoms with Gasteiger partial charge < -0.3 is 10.2 Å². The van der Waals surface area contributed by atoms with Gasteiger partial charge in [0, 0.05) is 24.1 Å². The number of anilines is 1. The second-order valence-electron chi connectivity index (χ2n) is 12.7. The predicted octanol–water partition coefficient (Wildman–Crippen LogP) is 14.9. The fraction of sp³-hybridized carbons (Fsp3) is 0.389. The number of hydrogen-bond donors (Lipinski definition) is 1. The standard InChI is InChI=1S/C17H11Cl3F7N5.C12H3Cl4F3N4.C5H9F4N.CH3Cl.CH4/c18-9-4-8(17(25,26)27)5-10(19)11(9)12-13(20)30-15-28-7-29-32(15)14(12)31(3-1-2-21)6-16(22,23)24;13-5-1-4(12(17,18)19)2-6(14)7(5)8-9(15)22-11-20-3-21-23(11)10(8)16;6-2-1-3-10-4-5(7,8)9;1-2;/h4-5,7H,1-3,6H2;1-3H;10H,1-4H2;1H3;1H4. The van der Waals surface area contributed by atoms with E-state index in [0.29, 0.717) is 17.0 Å². The molecule has 4 aromatic heterocycles. The van der Waals surface area contributed by atoms with E-state index in [1.807, 2.05) is 0 Å². The maximum absolute atomic E-state index is 13.3. The molecule has 0 aliphatic rings. The SMILES string of the molecule is C.CCl.FC(F)(F)c1cc(Cl)c(-c2c(Cl)nc3ncnn3c2Cl)c(Cl)c1.FCCCN(CC(F)(F)F)c1c(-c2c(Cl)cc(C(F)(F)F)cc2Cl)c(Cl)nc2ncnn12.FCCCNCC(F)(F)F. The van der Waals surface area contributed by atoms with E-state index in [-0.39, 0.29) is 86.8 Å². The van der Waals surface area contributed by atoms with Gasteiger partial charge in [0.05, 0.1) is 62.2 Å². The van der Waals surface area contributed by atoms with Gasteiger partial charge in [-0.15, -0.1) is 11.6 Å². The molecule has 0 fully saturated rings. The van der Waals surface area contributed by atoms with E-state index in [4.69, 9.17) is 81.2 Å². The summed E-state index contributed by atoms with van der Waals surface area (Å²) in [6.45, 7) is -4.45. The lowest BCUT2D eigenvalue weighted by atomic mass is 10.0. The summed E-state index contributed by atoms with van der Waals surface area (Å²) in [6, 6.07) is 2.59. The molecular formula is C36H30Cl8F14N10. The van der Waals surface area contributed by atoms with Crippen LogP contribution < -0.4 is 10.2 Å². The molecule has 0 aliphatic heterocycles. The van der Waals surface area contributed by atoms with Crippen LogP contribution in [0, 0.1) is 0 Å². The van der Waals surface area contributed by atoms with Gasteiger partial charge in [-0.05, 0) is 43.7 Å². The van der Waals surface area contributed by atoms with E-state index in [2.05, 4.69) is 47.1 Å². The Morgan fingerprint density at radius 1 is 0.574 bits per heavy atom. The molecule has 0 unspecified atom stereocenters. The van der Waals surface area contributed by atoms with Crippen LogP contribution in [0.3, 0.4) is 0 Å². The van der Waals surface area contributed by atoms with Gasteiger partial charge in [-0.1, -0.05) is 88.6 Å². The van der Waals surface area contributed by atoms with Crippen LogP contribution in [0.5, 0.6) is 0 Å². The molecule has 0 spiro atoms. The van der Waals surface area contributed by atoms with E-state index < -0.39 is 84.0 Å². The Labute approximate surface area is 415 Å². The molecule has 1 N–H and O–H groups in total. The fourth-order valence-electron chi connectivity index (χ4n) is 5.40. The molecule has 0 aliphatic carbocycles. The smallest absolute Gasteiger partial charge is 0.347 e. The number of fused-ring (bicyclic) bond motifs is 2. The number of alkyl halides is 15. The summed E-state index contributed by atoms with van der Waals surface area (Å²) in [5.41, 5.74) is -2.67. The minimum Gasteiger partial charge on any atom is -0.347 e. The number of rotatable bonds is 11. The van der Waals surface area contributed by atoms with Gasteiger partial charge in [0.25, 0.3) is 11.6 Å². The molecule has 0 saturated carbocycles. The number of benzene rings is 2. The highest BCUT2D eigenvalue weighted by Crippen LogP contribution is 2.47. The Hall–Kier alpha value is -3.36. The van der Waals surface area contributed by atoms with Gasteiger partial charge in [0.1, 0.15) is 40.5 Å². The van der Waals surface area contributed by atoms with E-state index in [9.17, 15) is 61.5 Å². The van der Waals surface area contributed by atoms with Gasteiger partial charge in [-0.3, -0.25) is 8.78 Å². The average molecular weight is 1150 g/mol. The van der Waals surface area contributed by atoms with Gasteiger partial charge in [-0.2, -0.15) is 91.8 Å². The maximum Gasteiger partial charge on any atom is 0.416 e. The number of nitrogens with one attached hydrogen (secondary N) is 1. The van der Waals surface area contributed by atoms with Gasteiger partial charge in [-0.25, -0.2) is 0 Å². The van der Waals surface area contributed by atoms with Crippen molar-refractivity contribution in [3.63, 3.8) is 0 Å². The van der Waals surface area contributed by atoms with Gasteiger partial charge in [0.15, 0.2) is 0 Å². The minimum atomic E-state index is -4.78. The third-order valence-electron chi connectivity index (χ3n) is 7.97. The lowest BCUT2D eigenvalue weighted by Gasteiger charge is -2.28. The molecule has 32 heteroatoms. The van der Waals surface area contributed by atoms with Crippen LogP contribution in [0.15, 0.2) is 36.9 Å². The molecule has 2 aromatic carbocycles. The first-order valence-corrected chi connectivity index (χ1v) is 21.2. The third-order valence-corrected chi connectivity index (χ3v) is 10.1. The summed E-state index contributed by atoms with van der Waals surface area (Å²) < 4.78 is 178. The van der Waals surface area contributed by atoms with Crippen molar-refractivity contribution in [1.82, 2.24) is 44.5 Å². The molecule has 6 aromatic rings. The van der Waals surface area contributed by atoms with Crippen LogP contribution in [0.2, 0.25) is 35.5 Å². The van der Waals surface area contributed by atoms with E-state index in [1.165, 1.54) is 12.7 Å². The van der Waals surface area contributed by atoms with Crippen molar-refractivity contribution in [2.75, 3.05) is 50.8 Å². The van der Waals surface area contributed by atoms with Crippen molar-refractivity contribution in [2.24, 2.45) is 0 Å². The molecule has 0 bridgehead atoms. The first kappa shape index (κ1) is 60.8. The normalized spacial score (nSPS) is 11.9. The van der Waals surface area contributed by atoms with E-state index in [0.717, 1.165) is 27.5 Å². The summed E-state index contributed by atoms with van der Waals surface area (Å²) in [5, 5.41) is 7.56. The first-order chi connectivity index (χ1) is 31.1. The lowest BCUT2D eigenvalue weighted by Crippen LogP contribution is -2.37. The van der Waals surface area contributed by atoms with E-state index >= 15 is 0 Å². The number of aromatic nitrogens is 8. The van der Waals surface area contributed by atoms with Crippen LogP contribution in [0.25, 0.3) is 33.8 Å². The Balaban J connectivity index is 0.000000384. The quantitative estimate of drug-likeness (QED) is 0.0593. The van der Waals surface area contributed by atoms with Crippen LogP contribution in [-0.2, 0) is 12.4 Å². The van der Waals surface area contributed by atoms with Crippen molar-refractivity contribution in [1.29, 1.82) is 0 Å². The Bertz CT molecular complexity index is 2540. The maximum atomic E-state index is 13.3. The van der Waals surface area contributed by atoms with Crippen LogP contribution in [0.4, 0.5) is 67.3 Å². The molecule has 378 valence electrons. The summed E-state index contributed by atoms with van der Waals surface area (Å²) in [7, 11) is 0. The molecule has 0 atom stereocenters. The third kappa shape index (κ3) is 16.4. The Morgan fingerprint density at radius 3 is 1.40 bits per heavy atom. The van der Waals surface area contributed by atoms with Crippen molar-refractivity contribution < 1.29 is 61.5 Å². The zero-order valence-corrected chi connectivity index (χ0v) is 39.0. The zero-order valence-electron chi connectivity index (χ0n) is 33.0. The highest BCUT2D eigenvalue weighted by Gasteiger charge is 2.37. The van der Waals surface area contributed by atoms with Crippen LogP contribution in [-0.4, -0.2) is 97.4 Å². The highest BCUT2D eigenvalue weighted by molar-refractivity contribution is 6.44. The largest absolute Gasteiger partial charge is 0.416 e. The van der Waals surface area contributed by atoms with Crippen molar-refractivity contribution in [3.8, 4) is 22.3 Å². The monoisotopic (exact) mass is 1150 g/mol. The second-order valence-corrected chi connectivity index (χ2v) is 15.4. The van der Waals surface area contributed by atoms with Crippen molar-refractivity contribution >= 4 is 110 Å². The molecule has 68 heavy (non-hydrogen) atoms. The molecule has 0 radical (unpaired) electrons. The first-order valence-electron chi connectivity index (χ1n) is 17.8. The predicted molar refractivity (Wildman–Crippen MR) is 234 cm³/mol. The zero-order chi connectivity index (χ0) is 50.8. The topological polar surface area (TPSA) is 101 Å². The molecule has 0 saturated heterocycles. The van der Waals surface area contributed by atoms with Crippen molar-refractivity contribution in [2.45, 2.75) is 45.0 Å². The van der Waals surface area contributed by atoms with E-state index in [1.54, 1.807) is 0 Å².